The van der Waals surface area contributed by atoms with Crippen LogP contribution in [-0.4, -0.2) is 29.6 Å². The molecule has 1 saturated heterocycles. The van der Waals surface area contributed by atoms with Gasteiger partial charge >= 0.3 is 0 Å². The number of rotatable bonds is 3. The highest BCUT2D eigenvalue weighted by molar-refractivity contribution is 14.1. The Morgan fingerprint density at radius 2 is 2.41 bits per heavy atom. The van der Waals surface area contributed by atoms with Crippen LogP contribution in [0.1, 0.15) is 5.56 Å². The Kier molecular flexibility index (Phi) is 3.98. The number of carbonyl (C=O) groups excluding carboxylic acids is 1. The lowest BCUT2D eigenvalue weighted by molar-refractivity contribution is -0.116. The number of ether oxygens (including phenoxy) is 1. The van der Waals surface area contributed by atoms with Crippen LogP contribution in [-0.2, 0) is 9.53 Å². The number of nitrogens with zero attached hydrogens (tertiary/aromatic N) is 1. The molecule has 0 aromatic heterocycles. The summed E-state index contributed by atoms with van der Waals surface area (Å²) in [5.41, 5.74) is 1.29. The number of alkyl halides is 1. The number of benzene rings is 1. The molecule has 2 unspecified atom stereocenters. The van der Waals surface area contributed by atoms with E-state index in [9.17, 15) is 9.18 Å². The van der Waals surface area contributed by atoms with E-state index in [1.165, 1.54) is 6.07 Å². The van der Waals surface area contributed by atoms with Gasteiger partial charge in [-0.2, -0.15) is 0 Å². The maximum Gasteiger partial charge on any atom is 0.187 e. The molecular weight excluding hydrogens is 336 g/mol. The van der Waals surface area contributed by atoms with Gasteiger partial charge in [0.1, 0.15) is 5.82 Å². The van der Waals surface area contributed by atoms with Gasteiger partial charge in [0.25, 0.3) is 0 Å². The van der Waals surface area contributed by atoms with Crippen molar-refractivity contribution in [3.63, 3.8) is 0 Å². The molecular formula is C12H13FINO2. The van der Waals surface area contributed by atoms with Gasteiger partial charge < -0.3 is 9.64 Å². The number of carbonyl (C=O) groups is 1. The third-order valence-electron chi connectivity index (χ3n) is 2.81. The molecule has 2 rings (SSSR count). The number of aldehydes is 1. The molecule has 0 N–H and O–H groups in total. The summed E-state index contributed by atoms with van der Waals surface area (Å²) < 4.78 is 19.8. The largest absolute Gasteiger partial charge is 0.345 e. The summed E-state index contributed by atoms with van der Waals surface area (Å²) >= 11 is 2.22. The third kappa shape index (κ3) is 2.60. The molecule has 1 aromatic carbocycles. The number of halogens is 2. The summed E-state index contributed by atoms with van der Waals surface area (Å²) in [7, 11) is 0. The van der Waals surface area contributed by atoms with Crippen LogP contribution in [0, 0.1) is 12.7 Å². The Morgan fingerprint density at radius 3 is 3.00 bits per heavy atom. The van der Waals surface area contributed by atoms with Crippen LogP contribution in [0.15, 0.2) is 18.2 Å². The van der Waals surface area contributed by atoms with Crippen molar-refractivity contribution < 1.29 is 13.9 Å². The first-order chi connectivity index (χ1) is 8.15. The molecule has 2 atom stereocenters. The highest BCUT2D eigenvalue weighted by Crippen LogP contribution is 2.26. The quantitative estimate of drug-likeness (QED) is 0.477. The first-order valence-corrected chi connectivity index (χ1v) is 6.87. The first kappa shape index (κ1) is 12.8. The Balaban J connectivity index is 2.25. The van der Waals surface area contributed by atoms with E-state index in [4.69, 9.17) is 4.74 Å². The Hall–Kier alpha value is -0.690. The highest BCUT2D eigenvalue weighted by atomic mass is 127. The molecule has 1 fully saturated rings. The molecule has 0 saturated carbocycles. The van der Waals surface area contributed by atoms with Crippen LogP contribution in [0.25, 0.3) is 0 Å². The second-order valence-electron chi connectivity index (χ2n) is 4.02. The van der Waals surface area contributed by atoms with Crippen molar-refractivity contribution >= 4 is 34.6 Å². The molecule has 17 heavy (non-hydrogen) atoms. The second kappa shape index (κ2) is 5.30. The van der Waals surface area contributed by atoms with E-state index in [0.29, 0.717) is 17.8 Å². The van der Waals surface area contributed by atoms with Crippen molar-refractivity contribution in [1.82, 2.24) is 0 Å². The summed E-state index contributed by atoms with van der Waals surface area (Å²) in [6.45, 7) is 2.33. The van der Waals surface area contributed by atoms with Crippen LogP contribution in [0.3, 0.4) is 0 Å². The number of hydrogen-bond acceptors (Lipinski definition) is 3. The van der Waals surface area contributed by atoms with Crippen LogP contribution in [0.2, 0.25) is 0 Å². The van der Waals surface area contributed by atoms with Gasteiger partial charge in [-0.25, -0.2) is 4.39 Å². The number of anilines is 1. The van der Waals surface area contributed by atoms with Crippen molar-refractivity contribution in [2.75, 3.05) is 15.9 Å². The lowest BCUT2D eigenvalue weighted by atomic mass is 10.2. The predicted octanol–water partition coefficient (Wildman–Crippen LogP) is 2.30. The molecule has 0 radical (unpaired) electrons. The molecule has 5 heteroatoms. The SMILES string of the molecule is Cc1ccc(N2CC(CI)OC2C=O)cc1F. The average Bonchev–Trinajstić information content (AvgIpc) is 2.76. The monoisotopic (exact) mass is 349 g/mol. The predicted molar refractivity (Wildman–Crippen MR) is 72.1 cm³/mol. The van der Waals surface area contributed by atoms with E-state index in [1.54, 1.807) is 17.9 Å². The van der Waals surface area contributed by atoms with E-state index in [-0.39, 0.29) is 11.9 Å². The van der Waals surface area contributed by atoms with Crippen molar-refractivity contribution in [2.24, 2.45) is 0 Å². The van der Waals surface area contributed by atoms with Crippen molar-refractivity contribution in [3.05, 3.63) is 29.6 Å². The molecule has 1 aliphatic rings. The van der Waals surface area contributed by atoms with Crippen molar-refractivity contribution in [2.45, 2.75) is 19.3 Å². The molecule has 0 aliphatic carbocycles. The summed E-state index contributed by atoms with van der Waals surface area (Å²) in [5, 5.41) is 0. The van der Waals surface area contributed by atoms with Crippen LogP contribution >= 0.6 is 22.6 Å². The molecule has 1 heterocycles. The van der Waals surface area contributed by atoms with Gasteiger partial charge in [0.05, 0.1) is 6.10 Å². The van der Waals surface area contributed by atoms with Gasteiger partial charge in [-0.1, -0.05) is 28.7 Å². The number of aryl methyl sites for hydroxylation is 1. The fourth-order valence-electron chi connectivity index (χ4n) is 1.84. The summed E-state index contributed by atoms with van der Waals surface area (Å²) in [6.07, 6.45) is 0.177. The van der Waals surface area contributed by atoms with Gasteiger partial charge in [-0.05, 0) is 24.6 Å². The minimum Gasteiger partial charge on any atom is -0.345 e. The maximum atomic E-state index is 13.5. The van der Waals surface area contributed by atoms with Gasteiger partial charge in [0, 0.05) is 16.7 Å². The fourth-order valence-corrected chi connectivity index (χ4v) is 2.33. The summed E-state index contributed by atoms with van der Waals surface area (Å²) in [6, 6.07) is 4.97. The van der Waals surface area contributed by atoms with Crippen molar-refractivity contribution in [3.8, 4) is 0 Å². The topological polar surface area (TPSA) is 29.5 Å². The molecule has 1 aliphatic heterocycles. The zero-order chi connectivity index (χ0) is 12.4. The van der Waals surface area contributed by atoms with Gasteiger partial charge in [-0.3, -0.25) is 4.79 Å². The standard InChI is InChI=1S/C12H13FINO2/c1-8-2-3-9(4-11(8)13)15-6-10(5-14)17-12(15)7-16/h2-4,7,10,12H,5-6H2,1H3. The average molecular weight is 349 g/mol. The van der Waals surface area contributed by atoms with E-state index in [2.05, 4.69) is 22.6 Å². The smallest absolute Gasteiger partial charge is 0.187 e. The van der Waals surface area contributed by atoms with E-state index < -0.39 is 6.23 Å². The second-order valence-corrected chi connectivity index (χ2v) is 4.91. The lowest BCUT2D eigenvalue weighted by Gasteiger charge is -2.21. The third-order valence-corrected chi connectivity index (χ3v) is 3.80. The van der Waals surface area contributed by atoms with Crippen LogP contribution in [0.5, 0.6) is 0 Å². The van der Waals surface area contributed by atoms with Gasteiger partial charge in [0.15, 0.2) is 12.5 Å². The van der Waals surface area contributed by atoms with Gasteiger partial charge in [-0.15, -0.1) is 0 Å². The fraction of sp³-hybridized carbons (Fsp3) is 0.417. The van der Waals surface area contributed by atoms with Crippen LogP contribution < -0.4 is 4.90 Å². The van der Waals surface area contributed by atoms with E-state index >= 15 is 0 Å². The minimum atomic E-state index is -0.600. The molecule has 0 bridgehead atoms. The van der Waals surface area contributed by atoms with E-state index in [1.807, 2.05) is 6.07 Å². The Bertz CT molecular complexity index is 427. The summed E-state index contributed by atoms with van der Waals surface area (Å²) in [4.78, 5) is 12.7. The molecule has 1 aromatic rings. The van der Waals surface area contributed by atoms with Gasteiger partial charge in [0.2, 0.25) is 0 Å². The Morgan fingerprint density at radius 1 is 1.65 bits per heavy atom. The first-order valence-electron chi connectivity index (χ1n) is 5.35. The van der Waals surface area contributed by atoms with E-state index in [0.717, 1.165) is 10.7 Å². The number of hydrogen-bond donors (Lipinski definition) is 0. The zero-order valence-corrected chi connectivity index (χ0v) is 11.6. The lowest BCUT2D eigenvalue weighted by Crippen LogP contribution is -2.31. The van der Waals surface area contributed by atoms with Crippen LogP contribution in [0.4, 0.5) is 10.1 Å². The minimum absolute atomic E-state index is 0.0233. The Labute approximate surface area is 113 Å². The van der Waals surface area contributed by atoms with Crippen molar-refractivity contribution in [1.29, 1.82) is 0 Å². The normalized spacial score (nSPS) is 24.1. The maximum absolute atomic E-state index is 13.5. The highest BCUT2D eigenvalue weighted by Gasteiger charge is 2.32. The summed E-state index contributed by atoms with van der Waals surface area (Å²) in [5.74, 6) is -0.259. The molecule has 92 valence electrons. The zero-order valence-electron chi connectivity index (χ0n) is 9.40. The molecule has 0 amide bonds. The molecule has 0 spiro atoms. The molecule has 3 nitrogen and oxygen atoms in total.